The second-order valence-electron chi connectivity index (χ2n) is 6.68. The van der Waals surface area contributed by atoms with Crippen molar-refractivity contribution in [2.75, 3.05) is 0 Å². The minimum absolute atomic E-state index is 0.0176. The van der Waals surface area contributed by atoms with Gasteiger partial charge >= 0.3 is 12.1 Å². The van der Waals surface area contributed by atoms with Crippen LogP contribution in [-0.2, 0) is 16.1 Å². The zero-order valence-corrected chi connectivity index (χ0v) is 14.5. The van der Waals surface area contributed by atoms with Crippen LogP contribution in [0.15, 0.2) is 30.3 Å². The summed E-state index contributed by atoms with van der Waals surface area (Å²) in [5.41, 5.74) is -0.311. The van der Waals surface area contributed by atoms with E-state index in [1.165, 1.54) is 4.90 Å². The molecule has 0 spiro atoms. The Kier molecular flexibility index (Phi) is 6.23. The molecule has 1 aliphatic rings. The van der Waals surface area contributed by atoms with E-state index in [2.05, 4.69) is 6.92 Å². The van der Waals surface area contributed by atoms with Crippen molar-refractivity contribution >= 4 is 12.1 Å². The number of benzene rings is 1. The molecule has 1 unspecified atom stereocenters. The standard InChI is InChI=1S/C19H27NO4/c1-3-4-8-13-19(2,17(21)22)20(16-11-12-16)18(23)24-14-15-9-6-5-7-10-15/h5-7,9-10,16H,3-4,8,11-14H2,1-2H3,(H,21,22). The van der Waals surface area contributed by atoms with Gasteiger partial charge in [0, 0.05) is 6.04 Å². The SMILES string of the molecule is CCCCCC(C)(C(=O)O)N(C(=O)OCc1ccccc1)C1CC1. The predicted molar refractivity (Wildman–Crippen MR) is 91.7 cm³/mol. The third-order valence-corrected chi connectivity index (χ3v) is 4.57. The number of nitrogens with zero attached hydrogens (tertiary/aromatic N) is 1. The van der Waals surface area contributed by atoms with Gasteiger partial charge in [0.25, 0.3) is 0 Å². The minimum atomic E-state index is -1.20. The minimum Gasteiger partial charge on any atom is -0.480 e. The maximum Gasteiger partial charge on any atom is 0.411 e. The molecule has 5 heteroatoms. The number of unbranched alkanes of at least 4 members (excludes halogenated alkanes) is 2. The van der Waals surface area contributed by atoms with Crippen molar-refractivity contribution in [3.63, 3.8) is 0 Å². The number of hydrogen-bond acceptors (Lipinski definition) is 3. The van der Waals surface area contributed by atoms with Gasteiger partial charge in [-0.15, -0.1) is 0 Å². The summed E-state index contributed by atoms with van der Waals surface area (Å²) in [6, 6.07) is 9.41. The molecule has 1 N–H and O–H groups in total. The van der Waals surface area contributed by atoms with Crippen LogP contribution in [0, 0.1) is 0 Å². The fraction of sp³-hybridized carbons (Fsp3) is 0.579. The van der Waals surface area contributed by atoms with Crippen molar-refractivity contribution in [3.8, 4) is 0 Å². The number of ether oxygens (including phenoxy) is 1. The molecule has 2 rings (SSSR count). The zero-order valence-electron chi connectivity index (χ0n) is 14.5. The number of carboxylic acid groups (broad SMARTS) is 1. The molecular formula is C19H27NO4. The second kappa shape index (κ2) is 8.18. The summed E-state index contributed by atoms with van der Waals surface area (Å²) in [5, 5.41) is 9.76. The molecule has 0 radical (unpaired) electrons. The summed E-state index contributed by atoms with van der Waals surface area (Å²) in [6.45, 7) is 3.88. The summed E-state index contributed by atoms with van der Waals surface area (Å²) in [6.07, 6.45) is 4.37. The molecule has 0 aromatic heterocycles. The van der Waals surface area contributed by atoms with Gasteiger partial charge in [0.1, 0.15) is 12.1 Å². The molecule has 1 fully saturated rings. The van der Waals surface area contributed by atoms with Crippen LogP contribution < -0.4 is 0 Å². The fourth-order valence-electron chi connectivity index (χ4n) is 2.92. The van der Waals surface area contributed by atoms with Gasteiger partial charge in [-0.1, -0.05) is 56.5 Å². The van der Waals surface area contributed by atoms with E-state index in [1.54, 1.807) is 6.92 Å². The monoisotopic (exact) mass is 333 g/mol. The molecule has 0 aliphatic heterocycles. The highest BCUT2D eigenvalue weighted by Gasteiger charge is 2.49. The van der Waals surface area contributed by atoms with Crippen LogP contribution in [0.2, 0.25) is 0 Å². The Balaban J connectivity index is 2.07. The van der Waals surface area contributed by atoms with Crippen molar-refractivity contribution in [1.29, 1.82) is 0 Å². The van der Waals surface area contributed by atoms with Crippen LogP contribution >= 0.6 is 0 Å². The molecule has 24 heavy (non-hydrogen) atoms. The quantitative estimate of drug-likeness (QED) is 0.687. The van der Waals surface area contributed by atoms with E-state index in [-0.39, 0.29) is 12.6 Å². The maximum atomic E-state index is 12.6. The zero-order chi connectivity index (χ0) is 17.6. The van der Waals surface area contributed by atoms with Crippen molar-refractivity contribution in [2.45, 2.75) is 70.6 Å². The average molecular weight is 333 g/mol. The van der Waals surface area contributed by atoms with Gasteiger partial charge in [0.05, 0.1) is 0 Å². The van der Waals surface area contributed by atoms with E-state index < -0.39 is 17.6 Å². The van der Waals surface area contributed by atoms with Crippen molar-refractivity contribution < 1.29 is 19.4 Å². The van der Waals surface area contributed by atoms with Gasteiger partial charge in [0.2, 0.25) is 0 Å². The highest BCUT2D eigenvalue weighted by atomic mass is 16.6. The molecule has 1 aromatic carbocycles. The van der Waals surface area contributed by atoms with Gasteiger partial charge in [0.15, 0.2) is 0 Å². The molecule has 0 heterocycles. The van der Waals surface area contributed by atoms with E-state index in [0.29, 0.717) is 6.42 Å². The molecule has 0 bridgehead atoms. The van der Waals surface area contributed by atoms with Gasteiger partial charge in [-0.05, 0) is 31.7 Å². The predicted octanol–water partition coefficient (Wildman–Crippen LogP) is 4.21. The number of carbonyl (C=O) groups is 2. The van der Waals surface area contributed by atoms with E-state index in [4.69, 9.17) is 4.74 Å². The maximum absolute atomic E-state index is 12.6. The van der Waals surface area contributed by atoms with Crippen LogP contribution in [0.3, 0.4) is 0 Å². The lowest BCUT2D eigenvalue weighted by atomic mass is 9.92. The third-order valence-electron chi connectivity index (χ3n) is 4.57. The van der Waals surface area contributed by atoms with Crippen LogP contribution in [0.5, 0.6) is 0 Å². The first kappa shape index (κ1) is 18.3. The Labute approximate surface area is 143 Å². The smallest absolute Gasteiger partial charge is 0.411 e. The number of hydrogen-bond donors (Lipinski definition) is 1. The normalized spacial score (nSPS) is 16.2. The van der Waals surface area contributed by atoms with Gasteiger partial charge in [-0.3, -0.25) is 4.90 Å². The lowest BCUT2D eigenvalue weighted by Crippen LogP contribution is -2.56. The number of amides is 1. The number of aliphatic carboxylic acids is 1. The van der Waals surface area contributed by atoms with Gasteiger partial charge in [-0.25, -0.2) is 9.59 Å². The van der Waals surface area contributed by atoms with Crippen molar-refractivity contribution in [2.24, 2.45) is 0 Å². The highest BCUT2D eigenvalue weighted by molar-refractivity contribution is 5.84. The Morgan fingerprint density at radius 2 is 1.92 bits per heavy atom. The lowest BCUT2D eigenvalue weighted by Gasteiger charge is -2.37. The summed E-state index contributed by atoms with van der Waals surface area (Å²) >= 11 is 0. The molecule has 1 amide bonds. The molecule has 132 valence electrons. The van der Waals surface area contributed by atoms with Crippen molar-refractivity contribution in [3.05, 3.63) is 35.9 Å². The Morgan fingerprint density at radius 3 is 2.46 bits per heavy atom. The molecular weight excluding hydrogens is 306 g/mol. The molecule has 1 saturated carbocycles. The summed E-state index contributed by atoms with van der Waals surface area (Å²) in [5.74, 6) is -0.956. The first-order valence-electron chi connectivity index (χ1n) is 8.72. The summed E-state index contributed by atoms with van der Waals surface area (Å²) in [4.78, 5) is 26.0. The van der Waals surface area contributed by atoms with Crippen LogP contribution in [0.1, 0.15) is 57.9 Å². The van der Waals surface area contributed by atoms with Gasteiger partial charge in [-0.2, -0.15) is 0 Å². The van der Waals surface area contributed by atoms with Gasteiger partial charge < -0.3 is 9.84 Å². The van der Waals surface area contributed by atoms with E-state index in [9.17, 15) is 14.7 Å². The average Bonchev–Trinajstić information content (AvgIpc) is 3.39. The van der Waals surface area contributed by atoms with E-state index >= 15 is 0 Å². The summed E-state index contributed by atoms with van der Waals surface area (Å²) < 4.78 is 5.42. The lowest BCUT2D eigenvalue weighted by molar-refractivity contribution is -0.150. The highest BCUT2D eigenvalue weighted by Crippen LogP contribution is 2.36. The molecule has 5 nitrogen and oxygen atoms in total. The molecule has 0 saturated heterocycles. The Hall–Kier alpha value is -2.04. The summed E-state index contributed by atoms with van der Waals surface area (Å²) in [7, 11) is 0. The van der Waals surface area contributed by atoms with E-state index in [1.807, 2.05) is 30.3 Å². The van der Waals surface area contributed by atoms with Crippen LogP contribution in [0.25, 0.3) is 0 Å². The van der Waals surface area contributed by atoms with Crippen LogP contribution in [-0.4, -0.2) is 33.6 Å². The largest absolute Gasteiger partial charge is 0.480 e. The molecule has 1 aliphatic carbocycles. The number of carboxylic acids is 1. The van der Waals surface area contributed by atoms with E-state index in [0.717, 1.165) is 37.7 Å². The number of carbonyl (C=O) groups excluding carboxylic acids is 1. The molecule has 1 atom stereocenters. The Morgan fingerprint density at radius 1 is 1.25 bits per heavy atom. The first-order chi connectivity index (χ1) is 11.5. The Bertz CT molecular complexity index is 556. The third kappa shape index (κ3) is 4.49. The topological polar surface area (TPSA) is 66.8 Å². The molecule has 1 aromatic rings. The van der Waals surface area contributed by atoms with Crippen LogP contribution in [0.4, 0.5) is 4.79 Å². The van der Waals surface area contributed by atoms with Crippen molar-refractivity contribution in [1.82, 2.24) is 4.90 Å². The second-order valence-corrected chi connectivity index (χ2v) is 6.68. The first-order valence-corrected chi connectivity index (χ1v) is 8.72. The fourth-order valence-corrected chi connectivity index (χ4v) is 2.92. The number of rotatable bonds is 9.